The lowest BCUT2D eigenvalue weighted by atomic mass is 10.2. The molecule has 7 aromatic heterocycles. The van der Waals surface area contributed by atoms with E-state index in [4.69, 9.17) is 14.2 Å². The summed E-state index contributed by atoms with van der Waals surface area (Å²) in [7, 11) is 0. The molecular weight excluding hydrogens is 951 g/mol. The molecule has 69 heavy (non-hydrogen) atoms. The van der Waals surface area contributed by atoms with E-state index in [1.54, 1.807) is 48.5 Å². The molecule has 0 N–H and O–H groups in total. The number of aliphatic imine (C=N–C) groups is 2. The maximum Gasteiger partial charge on any atom is 0.419 e. The van der Waals surface area contributed by atoms with Gasteiger partial charge in [0.15, 0.2) is 0 Å². The van der Waals surface area contributed by atoms with Gasteiger partial charge in [0.1, 0.15) is 54.1 Å². The molecule has 0 aliphatic carbocycles. The van der Waals surface area contributed by atoms with Crippen molar-refractivity contribution >= 4 is 126 Å². The minimum Gasteiger partial charge on any atom is -0.444 e. The number of nitrogens with zero attached hydrogens (tertiary/aromatic N) is 9. The van der Waals surface area contributed by atoms with Gasteiger partial charge in [-0.25, -0.2) is 38.1 Å². The van der Waals surface area contributed by atoms with E-state index in [0.717, 1.165) is 39.4 Å². The van der Waals surface area contributed by atoms with Crippen LogP contribution >= 0.6 is 45.3 Å². The van der Waals surface area contributed by atoms with Crippen LogP contribution in [0.3, 0.4) is 0 Å². The molecule has 0 saturated carbocycles. The van der Waals surface area contributed by atoms with Crippen molar-refractivity contribution in [2.24, 2.45) is 9.98 Å². The predicted octanol–water partition coefficient (Wildman–Crippen LogP) is 13.1. The fourth-order valence-corrected chi connectivity index (χ4v) is 12.0. The third kappa shape index (κ3) is 8.31. The molecule has 332 valence electrons. The molecule has 0 amide bonds. The van der Waals surface area contributed by atoms with Crippen LogP contribution in [0.25, 0.3) is 62.0 Å². The lowest BCUT2D eigenvalue weighted by Crippen LogP contribution is -2.18. The van der Waals surface area contributed by atoms with Gasteiger partial charge in [0.25, 0.3) is 0 Å². The van der Waals surface area contributed by atoms with Crippen molar-refractivity contribution < 1.29 is 28.6 Å². The van der Waals surface area contributed by atoms with E-state index >= 15 is 4.79 Å². The molecule has 0 radical (unpaired) electrons. The number of rotatable bonds is 10. The highest BCUT2D eigenvalue weighted by Gasteiger charge is 2.33. The first-order valence-electron chi connectivity index (χ1n) is 20.5. The highest BCUT2D eigenvalue weighted by molar-refractivity contribution is 7.33. The molecule has 0 aliphatic rings. The Hall–Kier alpha value is -8.95. The summed E-state index contributed by atoms with van der Waals surface area (Å²) in [5, 5.41) is 38.3. The maximum absolute atomic E-state index is 15.0. The molecule has 10 rings (SSSR count). The second kappa shape index (κ2) is 18.7. The average Bonchev–Trinajstić information content (AvgIpc) is 4.26. The monoisotopic (exact) mass is 977 g/mol. The first-order chi connectivity index (χ1) is 33.8. The molecule has 7 heterocycles. The third-order valence-electron chi connectivity index (χ3n) is 10.6. The second-order valence-electron chi connectivity index (χ2n) is 14.8. The minimum absolute atomic E-state index is 0.0684. The third-order valence-corrected chi connectivity index (χ3v) is 15.0. The summed E-state index contributed by atoms with van der Waals surface area (Å²) in [6.07, 6.45) is -2.30. The fourth-order valence-electron chi connectivity index (χ4n) is 7.64. The van der Waals surface area contributed by atoms with Crippen molar-refractivity contribution in [1.29, 1.82) is 21.0 Å². The highest BCUT2D eigenvalue weighted by Crippen LogP contribution is 2.51. The van der Waals surface area contributed by atoms with Gasteiger partial charge in [0, 0.05) is 0 Å². The lowest BCUT2D eigenvalue weighted by Gasteiger charge is -2.12. The van der Waals surface area contributed by atoms with Crippen molar-refractivity contribution in [1.82, 2.24) is 13.7 Å². The Morgan fingerprint density at radius 1 is 0.449 bits per heavy atom. The maximum atomic E-state index is 15.0. The van der Waals surface area contributed by atoms with Crippen LogP contribution in [0.15, 0.2) is 137 Å². The number of thiophene rings is 4. The number of aromatic nitrogens is 3. The Morgan fingerprint density at radius 3 is 1.14 bits per heavy atom. The predicted molar refractivity (Wildman–Crippen MR) is 266 cm³/mol. The molecule has 10 aromatic rings. The van der Waals surface area contributed by atoms with Gasteiger partial charge >= 0.3 is 18.3 Å². The zero-order valence-corrected chi connectivity index (χ0v) is 38.6. The number of hydrogen-bond donors (Lipinski definition) is 0. The van der Waals surface area contributed by atoms with Crippen LogP contribution < -0.4 is 0 Å². The van der Waals surface area contributed by atoms with Crippen molar-refractivity contribution in [2.45, 2.75) is 19.8 Å². The summed E-state index contributed by atoms with van der Waals surface area (Å²) in [6.45, 7) is -0.238. The Labute approximate surface area is 406 Å². The van der Waals surface area contributed by atoms with E-state index in [1.807, 2.05) is 103 Å². The molecule has 0 fully saturated rings. The summed E-state index contributed by atoms with van der Waals surface area (Å²) < 4.78 is 24.8. The van der Waals surface area contributed by atoms with Crippen LogP contribution in [-0.2, 0) is 34.0 Å². The van der Waals surface area contributed by atoms with Gasteiger partial charge in [0.2, 0.25) is 11.4 Å². The van der Waals surface area contributed by atoms with Crippen molar-refractivity contribution in [3.05, 3.63) is 144 Å². The van der Waals surface area contributed by atoms with E-state index in [-0.39, 0.29) is 31.2 Å². The molecule has 0 atom stereocenters. The number of fused-ring (bicyclic) bond motifs is 7. The summed E-state index contributed by atoms with van der Waals surface area (Å²) in [5.41, 5.74) is 3.66. The molecule has 15 nitrogen and oxygen atoms in total. The van der Waals surface area contributed by atoms with E-state index in [1.165, 1.54) is 36.4 Å². The van der Waals surface area contributed by atoms with Gasteiger partial charge in [0.05, 0.1) is 62.0 Å². The van der Waals surface area contributed by atoms with E-state index < -0.39 is 18.3 Å². The number of carbonyl (C=O) groups excluding carboxylic acids is 3. The molecule has 0 unspecified atom stereocenters. The van der Waals surface area contributed by atoms with Crippen LogP contribution in [0.2, 0.25) is 0 Å². The van der Waals surface area contributed by atoms with Gasteiger partial charge in [-0.3, -0.25) is 0 Å². The molecule has 0 saturated heterocycles. The van der Waals surface area contributed by atoms with Crippen LogP contribution in [0.4, 0.5) is 24.4 Å². The van der Waals surface area contributed by atoms with Gasteiger partial charge in [-0.1, -0.05) is 91.0 Å². The first-order valence-corrected chi connectivity index (χ1v) is 23.8. The van der Waals surface area contributed by atoms with Gasteiger partial charge in [-0.2, -0.15) is 21.0 Å². The SMILES string of the molecule is N#CC(C#N)=Nc1ccc(-c2cc3sc4c5sc6cc(-c7ccc(N=C(C#N)C#N)s7)n(C(=O)OCc7ccccc7)c6c5n(C(=O)OCc5ccccc5)c4c3n2C(=O)OCc2ccccc2)s1. The Bertz CT molecular complexity index is 3660. The normalized spacial score (nSPS) is 10.9. The lowest BCUT2D eigenvalue weighted by molar-refractivity contribution is 0.141. The molecular formula is C50H27N9O6S4. The number of ether oxygens (including phenoxy) is 3. The average molecular weight is 978 g/mol. The number of carbonyl (C=O) groups is 3. The van der Waals surface area contributed by atoms with Crippen molar-refractivity contribution in [3.8, 4) is 45.4 Å². The number of benzene rings is 3. The van der Waals surface area contributed by atoms with Crippen LogP contribution in [-0.4, -0.2) is 43.4 Å². The Morgan fingerprint density at radius 2 is 0.797 bits per heavy atom. The van der Waals surface area contributed by atoms with Crippen LogP contribution in [0.1, 0.15) is 16.7 Å². The topological polar surface area (TPSA) is 214 Å². The molecule has 19 heteroatoms. The largest absolute Gasteiger partial charge is 0.444 e. The van der Waals surface area contributed by atoms with Crippen LogP contribution in [0, 0.1) is 45.3 Å². The van der Waals surface area contributed by atoms with Gasteiger partial charge in [-0.15, -0.1) is 45.3 Å². The van der Waals surface area contributed by atoms with E-state index in [9.17, 15) is 30.6 Å². The van der Waals surface area contributed by atoms with Crippen molar-refractivity contribution in [3.63, 3.8) is 0 Å². The zero-order chi connectivity index (χ0) is 47.6. The molecule has 3 aromatic carbocycles. The van der Waals surface area contributed by atoms with Crippen molar-refractivity contribution in [2.75, 3.05) is 0 Å². The van der Waals surface area contributed by atoms with Gasteiger partial charge in [-0.05, 0) is 53.1 Å². The highest BCUT2D eigenvalue weighted by atomic mass is 32.1. The number of nitriles is 4. The quantitative estimate of drug-likeness (QED) is 0.0933. The van der Waals surface area contributed by atoms with Crippen LogP contribution in [0.5, 0.6) is 0 Å². The summed E-state index contributed by atoms with van der Waals surface area (Å²) in [4.78, 5) is 53.8. The standard InChI is InChI=1S/C50H27N9O6S4/c51-22-32(23-52)55-40-18-16-36(66-40)34-20-38-42(57(34)48(60)63-26-29-10-4-1-5-11-29)44-46(68-38)47-45(59(44)50(62)65-28-31-14-8-3-9-15-31)43-39(69-47)21-35(37-17-19-41(67-37)56-33(24-53)25-54)58(43)49(61)64-27-30-12-6-2-7-13-30/h1-21H,26-28H2. The summed E-state index contributed by atoms with van der Waals surface area (Å²) in [5.74, 6) is 0. The Kier molecular flexibility index (Phi) is 11.9. The zero-order valence-electron chi connectivity index (χ0n) is 35.4. The number of hydrogen-bond acceptors (Lipinski definition) is 16. The Balaban J connectivity index is 1.23. The fraction of sp³-hybridized carbons (Fsp3) is 0.0600. The minimum atomic E-state index is -0.793. The molecule has 0 bridgehead atoms. The van der Waals surface area contributed by atoms with E-state index in [0.29, 0.717) is 72.0 Å². The smallest absolute Gasteiger partial charge is 0.419 e. The summed E-state index contributed by atoms with van der Waals surface area (Å²) in [6, 6.07) is 45.0. The molecule has 0 aliphatic heterocycles. The second-order valence-corrected chi connectivity index (χ2v) is 19.0. The van der Waals surface area contributed by atoms with Gasteiger partial charge < -0.3 is 14.2 Å². The first kappa shape index (κ1) is 43.9. The van der Waals surface area contributed by atoms with E-state index in [2.05, 4.69) is 9.98 Å². The molecule has 0 spiro atoms. The summed E-state index contributed by atoms with van der Waals surface area (Å²) >= 11 is 4.98.